The predicted octanol–water partition coefficient (Wildman–Crippen LogP) is 4.93. The van der Waals surface area contributed by atoms with Crippen LogP contribution in [0.3, 0.4) is 0 Å². The van der Waals surface area contributed by atoms with Gasteiger partial charge in [0.05, 0.1) is 24.0 Å². The van der Waals surface area contributed by atoms with E-state index in [9.17, 15) is 4.79 Å². The number of carbonyl (C=O) groups is 1. The fraction of sp³-hybridized carbons (Fsp3) is 0.261. The van der Waals surface area contributed by atoms with E-state index in [-0.39, 0.29) is 5.12 Å². The van der Waals surface area contributed by atoms with Crippen molar-refractivity contribution in [2.45, 2.75) is 13.8 Å². The molecule has 0 saturated carbocycles. The van der Waals surface area contributed by atoms with E-state index >= 15 is 0 Å². The smallest absolute Gasteiger partial charge is 0.185 e. The Morgan fingerprint density at radius 1 is 1.17 bits per heavy atom. The van der Waals surface area contributed by atoms with Crippen molar-refractivity contribution >= 4 is 39.6 Å². The maximum atomic E-state index is 11.1. The summed E-state index contributed by atoms with van der Waals surface area (Å²) in [5.41, 5.74) is 5.71. The lowest BCUT2D eigenvalue weighted by molar-refractivity contribution is -0.539. The molecule has 2 aromatic rings. The summed E-state index contributed by atoms with van der Waals surface area (Å²) < 4.78 is 0. The van der Waals surface area contributed by atoms with E-state index in [1.54, 1.807) is 6.92 Å². The number of thioether (sulfide) groups is 1. The molecule has 2 N–H and O–H groups in total. The zero-order valence-electron chi connectivity index (χ0n) is 17.6. The number of hydrogen-bond acceptors (Lipinski definition) is 5. The third kappa shape index (κ3) is 7.33. The van der Waals surface area contributed by atoms with Crippen molar-refractivity contribution in [1.29, 1.82) is 0 Å². The van der Waals surface area contributed by atoms with Crippen LogP contribution in [0, 0.1) is 0 Å². The van der Waals surface area contributed by atoms with Gasteiger partial charge in [-0.2, -0.15) is 5.11 Å². The minimum absolute atomic E-state index is 0.148. The molecule has 0 aliphatic carbocycles. The molecule has 0 unspecified atom stereocenters. The highest BCUT2D eigenvalue weighted by Crippen LogP contribution is 2.26. The molecule has 29 heavy (non-hydrogen) atoms. The predicted molar refractivity (Wildman–Crippen MR) is 124 cm³/mol. The largest absolute Gasteiger partial charge is 0.374 e. The lowest BCUT2D eigenvalue weighted by Crippen LogP contribution is -2.73. The molecule has 0 fully saturated rings. The SMILES string of the molecule is C=C(C)C=C(N=Nc1ccc(N(C)CCSC(C)=O)cc1)c1ccccc1[NH2+]C. The lowest BCUT2D eigenvalue weighted by atomic mass is 10.1. The Kier molecular flexibility index (Phi) is 8.83. The highest BCUT2D eigenvalue weighted by Gasteiger charge is 2.09. The normalized spacial score (nSPS) is 11.7. The first-order chi connectivity index (χ1) is 13.9. The number of benzene rings is 2. The average molecular weight is 410 g/mol. The second-order valence-electron chi connectivity index (χ2n) is 6.73. The van der Waals surface area contributed by atoms with E-state index in [0.717, 1.165) is 46.2 Å². The Morgan fingerprint density at radius 2 is 1.86 bits per heavy atom. The van der Waals surface area contributed by atoms with Crippen molar-refractivity contribution in [2.24, 2.45) is 10.2 Å². The molecule has 0 bridgehead atoms. The number of carbonyl (C=O) groups excluding carboxylic acids is 1. The summed E-state index contributed by atoms with van der Waals surface area (Å²) in [6.07, 6.45) is 1.95. The second-order valence-corrected chi connectivity index (χ2v) is 8.00. The molecule has 0 spiro atoms. The Hall–Kier alpha value is -2.70. The maximum Gasteiger partial charge on any atom is 0.185 e. The van der Waals surface area contributed by atoms with E-state index < -0.39 is 0 Å². The Bertz CT molecular complexity index is 903. The number of quaternary nitrogens is 1. The van der Waals surface area contributed by atoms with Crippen LogP contribution in [0.2, 0.25) is 0 Å². The highest BCUT2D eigenvalue weighted by molar-refractivity contribution is 8.13. The maximum absolute atomic E-state index is 11.1. The zero-order valence-corrected chi connectivity index (χ0v) is 18.4. The fourth-order valence-corrected chi connectivity index (χ4v) is 3.37. The zero-order chi connectivity index (χ0) is 21.2. The molecule has 0 amide bonds. The molecule has 152 valence electrons. The van der Waals surface area contributed by atoms with Gasteiger partial charge in [-0.1, -0.05) is 36.0 Å². The van der Waals surface area contributed by atoms with E-state index in [0.29, 0.717) is 0 Å². The average Bonchev–Trinajstić information content (AvgIpc) is 2.70. The highest BCUT2D eigenvalue weighted by atomic mass is 32.2. The number of rotatable bonds is 9. The molecule has 5 nitrogen and oxygen atoms in total. The van der Waals surface area contributed by atoms with Crippen LogP contribution in [-0.4, -0.2) is 31.5 Å². The number of nitrogens with two attached hydrogens (primary N) is 1. The van der Waals surface area contributed by atoms with Crippen LogP contribution in [-0.2, 0) is 4.79 Å². The van der Waals surface area contributed by atoms with Crippen LogP contribution in [0.1, 0.15) is 19.4 Å². The van der Waals surface area contributed by atoms with E-state index in [4.69, 9.17) is 0 Å². The number of anilines is 1. The molecular weight excluding hydrogens is 380 g/mol. The lowest BCUT2D eigenvalue weighted by Gasteiger charge is -2.18. The monoisotopic (exact) mass is 409 g/mol. The number of hydrogen-bond donors (Lipinski definition) is 1. The molecule has 0 aromatic heterocycles. The van der Waals surface area contributed by atoms with Gasteiger partial charge >= 0.3 is 0 Å². The van der Waals surface area contributed by atoms with Gasteiger partial charge in [0.2, 0.25) is 0 Å². The van der Waals surface area contributed by atoms with Crippen molar-refractivity contribution < 1.29 is 10.1 Å². The summed E-state index contributed by atoms with van der Waals surface area (Å²) in [4.78, 5) is 13.2. The summed E-state index contributed by atoms with van der Waals surface area (Å²) >= 11 is 1.34. The topological polar surface area (TPSA) is 61.6 Å². The van der Waals surface area contributed by atoms with Crippen molar-refractivity contribution in [3.8, 4) is 0 Å². The minimum Gasteiger partial charge on any atom is -0.374 e. The molecule has 6 heteroatoms. The first-order valence-corrected chi connectivity index (χ1v) is 10.5. The summed E-state index contributed by atoms with van der Waals surface area (Å²) in [7, 11) is 4.03. The van der Waals surface area contributed by atoms with Crippen molar-refractivity contribution in [3.05, 3.63) is 72.3 Å². The molecule has 0 saturated heterocycles. The minimum atomic E-state index is 0.148. The van der Waals surface area contributed by atoms with Gasteiger partial charge in [-0.25, -0.2) is 0 Å². The molecule has 0 heterocycles. The third-order valence-electron chi connectivity index (χ3n) is 4.23. The van der Waals surface area contributed by atoms with Gasteiger partial charge in [0.15, 0.2) is 5.12 Å². The first-order valence-electron chi connectivity index (χ1n) is 9.53. The number of allylic oxidation sites excluding steroid dienone is 2. The number of para-hydroxylation sites is 1. The van der Waals surface area contributed by atoms with Crippen molar-refractivity contribution in [3.63, 3.8) is 0 Å². The summed E-state index contributed by atoms with van der Waals surface area (Å²) in [6.45, 7) is 8.33. The quantitative estimate of drug-likeness (QED) is 0.363. The first kappa shape index (κ1) is 22.6. The molecule has 0 aliphatic heterocycles. The van der Waals surface area contributed by atoms with Crippen LogP contribution in [0.15, 0.2) is 77.0 Å². The summed E-state index contributed by atoms with van der Waals surface area (Å²) in [5.74, 6) is 0.774. The number of azo groups is 1. The molecule has 0 radical (unpaired) electrons. The van der Waals surface area contributed by atoms with Gasteiger partial charge in [0, 0.05) is 32.0 Å². The Labute approximate surface area is 177 Å². The van der Waals surface area contributed by atoms with E-state index in [1.807, 2.05) is 69.6 Å². The fourth-order valence-electron chi connectivity index (χ4n) is 2.72. The molecule has 0 atom stereocenters. The van der Waals surface area contributed by atoms with Crippen LogP contribution in [0.4, 0.5) is 17.1 Å². The molecule has 0 aliphatic rings. The van der Waals surface area contributed by atoms with Gasteiger partial charge < -0.3 is 10.2 Å². The van der Waals surface area contributed by atoms with Gasteiger partial charge in [-0.05, 0) is 49.4 Å². The molecular formula is C23H29N4OS+. The van der Waals surface area contributed by atoms with Gasteiger partial charge in [-0.15, -0.1) is 5.11 Å². The standard InChI is InChI=1S/C23H28N4OS/c1-17(2)16-23(21-8-6-7-9-22(21)24-4)26-25-19-10-12-20(13-11-19)27(5)14-15-29-18(3)28/h6-13,16,24H,1,14-15H2,2-5H3/p+1. The van der Waals surface area contributed by atoms with Gasteiger partial charge in [0.25, 0.3) is 0 Å². The Morgan fingerprint density at radius 3 is 2.48 bits per heavy atom. The van der Waals surface area contributed by atoms with Crippen molar-refractivity contribution in [2.75, 3.05) is 31.3 Å². The summed E-state index contributed by atoms with van der Waals surface area (Å²) in [6, 6.07) is 16.0. The Balaban J connectivity index is 2.15. The van der Waals surface area contributed by atoms with Crippen LogP contribution in [0.25, 0.3) is 5.70 Å². The van der Waals surface area contributed by atoms with Crippen molar-refractivity contribution in [1.82, 2.24) is 0 Å². The second kappa shape index (κ2) is 11.3. The van der Waals surface area contributed by atoms with E-state index in [1.165, 1.54) is 11.8 Å². The van der Waals surface area contributed by atoms with Crippen LogP contribution >= 0.6 is 11.8 Å². The van der Waals surface area contributed by atoms with Crippen LogP contribution in [0.5, 0.6) is 0 Å². The molecule has 2 aromatic carbocycles. The van der Waals surface area contributed by atoms with E-state index in [2.05, 4.69) is 33.1 Å². The van der Waals surface area contributed by atoms with Gasteiger partial charge in [0.1, 0.15) is 5.69 Å². The number of nitrogens with zero attached hydrogens (tertiary/aromatic N) is 3. The van der Waals surface area contributed by atoms with Gasteiger partial charge in [-0.3, -0.25) is 4.79 Å². The third-order valence-corrected chi connectivity index (χ3v) is 5.02. The van der Waals surface area contributed by atoms with Crippen LogP contribution < -0.4 is 10.2 Å². The summed E-state index contributed by atoms with van der Waals surface area (Å²) in [5, 5.41) is 11.1. The molecule has 2 rings (SSSR count).